The molecule has 0 spiro atoms. The second-order valence-electron chi connectivity index (χ2n) is 7.03. The van der Waals surface area contributed by atoms with E-state index in [1.165, 1.54) is 7.11 Å². The van der Waals surface area contributed by atoms with Crippen LogP contribution in [0.1, 0.15) is 21.5 Å². The van der Waals surface area contributed by atoms with E-state index >= 15 is 0 Å². The number of fused-ring (bicyclic) bond motifs is 1. The fourth-order valence-corrected chi connectivity index (χ4v) is 3.52. The monoisotopic (exact) mass is 434 g/mol. The first kappa shape index (κ1) is 20.7. The molecule has 1 aromatic heterocycles. The van der Waals surface area contributed by atoms with E-state index in [2.05, 4.69) is 0 Å². The van der Waals surface area contributed by atoms with Gasteiger partial charge in [0.15, 0.2) is 0 Å². The molecule has 0 aliphatic rings. The molecule has 4 rings (SSSR count). The van der Waals surface area contributed by atoms with Crippen molar-refractivity contribution >= 4 is 28.5 Å². The number of rotatable bonds is 5. The van der Waals surface area contributed by atoms with Crippen LogP contribution in [0.15, 0.2) is 75.9 Å². The molecule has 0 atom stereocenters. The maximum Gasteiger partial charge on any atom is 0.344 e. The summed E-state index contributed by atoms with van der Waals surface area (Å²) >= 11 is 5.97. The summed E-state index contributed by atoms with van der Waals surface area (Å²) in [6, 6.07) is 19.4. The Morgan fingerprint density at radius 3 is 2.39 bits per heavy atom. The van der Waals surface area contributed by atoms with Crippen LogP contribution >= 0.6 is 11.6 Å². The van der Waals surface area contributed by atoms with Gasteiger partial charge in [-0.15, -0.1) is 0 Å². The van der Waals surface area contributed by atoms with Crippen LogP contribution in [0.2, 0.25) is 5.02 Å². The van der Waals surface area contributed by atoms with Crippen LogP contribution in [0, 0.1) is 6.92 Å². The zero-order chi connectivity index (χ0) is 22.0. The Balaban J connectivity index is 1.62. The van der Waals surface area contributed by atoms with Crippen LogP contribution in [0.4, 0.5) is 0 Å². The van der Waals surface area contributed by atoms with Gasteiger partial charge in [0, 0.05) is 10.4 Å². The molecule has 0 unspecified atom stereocenters. The smallest absolute Gasteiger partial charge is 0.344 e. The molecular formula is C25H19ClO5. The van der Waals surface area contributed by atoms with Crippen LogP contribution in [0.3, 0.4) is 0 Å². The number of methoxy groups -OCH3 is 1. The van der Waals surface area contributed by atoms with E-state index in [0.717, 1.165) is 22.1 Å². The molecule has 6 heteroatoms. The number of aryl methyl sites for hydroxylation is 1. The summed E-state index contributed by atoms with van der Waals surface area (Å²) < 4.78 is 16.2. The summed E-state index contributed by atoms with van der Waals surface area (Å²) in [5.41, 5.74) is 3.54. The van der Waals surface area contributed by atoms with Gasteiger partial charge in [-0.05, 0) is 66.1 Å². The third kappa shape index (κ3) is 4.32. The lowest BCUT2D eigenvalue weighted by Gasteiger charge is -2.11. The van der Waals surface area contributed by atoms with Crippen molar-refractivity contribution in [2.75, 3.05) is 7.11 Å². The highest BCUT2D eigenvalue weighted by Crippen LogP contribution is 2.30. The first-order valence-electron chi connectivity index (χ1n) is 9.59. The van der Waals surface area contributed by atoms with Gasteiger partial charge in [0.25, 0.3) is 0 Å². The highest BCUT2D eigenvalue weighted by atomic mass is 35.5. The summed E-state index contributed by atoms with van der Waals surface area (Å²) in [4.78, 5) is 24.1. The van der Waals surface area contributed by atoms with Gasteiger partial charge in [-0.2, -0.15) is 0 Å². The summed E-state index contributed by atoms with van der Waals surface area (Å²) in [7, 11) is 1.35. The molecule has 5 nitrogen and oxygen atoms in total. The van der Waals surface area contributed by atoms with E-state index < -0.39 is 5.63 Å². The van der Waals surface area contributed by atoms with Gasteiger partial charge in [-0.3, -0.25) is 0 Å². The van der Waals surface area contributed by atoms with Gasteiger partial charge in [0.2, 0.25) is 0 Å². The van der Waals surface area contributed by atoms with Crippen molar-refractivity contribution < 1.29 is 18.7 Å². The minimum absolute atomic E-state index is 0.326. The van der Waals surface area contributed by atoms with Crippen LogP contribution in [0.5, 0.6) is 5.75 Å². The lowest BCUT2D eigenvalue weighted by Crippen LogP contribution is -2.06. The number of benzene rings is 3. The number of carbonyl (C=O) groups is 1. The van der Waals surface area contributed by atoms with Crippen LogP contribution in [-0.4, -0.2) is 13.1 Å². The summed E-state index contributed by atoms with van der Waals surface area (Å²) in [6.45, 7) is 2.21. The molecule has 156 valence electrons. The van der Waals surface area contributed by atoms with Crippen LogP contribution in [0.25, 0.3) is 22.1 Å². The quantitative estimate of drug-likeness (QED) is 0.294. The van der Waals surface area contributed by atoms with E-state index in [0.29, 0.717) is 34.1 Å². The number of esters is 1. The lowest BCUT2D eigenvalue weighted by atomic mass is 9.99. The zero-order valence-electron chi connectivity index (χ0n) is 17.0. The van der Waals surface area contributed by atoms with E-state index in [4.69, 9.17) is 25.5 Å². The topological polar surface area (TPSA) is 65.7 Å². The lowest BCUT2D eigenvalue weighted by molar-refractivity contribution is 0.0600. The Labute approximate surface area is 183 Å². The predicted molar refractivity (Wildman–Crippen MR) is 120 cm³/mol. The van der Waals surface area contributed by atoms with Crippen molar-refractivity contribution in [3.05, 3.63) is 98.9 Å². The third-order valence-corrected chi connectivity index (χ3v) is 5.30. The average molecular weight is 435 g/mol. The molecule has 0 bridgehead atoms. The first-order chi connectivity index (χ1) is 15.0. The number of carbonyl (C=O) groups excluding carboxylic acids is 1. The minimum atomic E-state index is -0.397. The fourth-order valence-electron chi connectivity index (χ4n) is 3.39. The maximum atomic E-state index is 12.6. The van der Waals surface area contributed by atoms with Crippen molar-refractivity contribution in [3.8, 4) is 16.9 Å². The molecule has 0 radical (unpaired) electrons. The van der Waals surface area contributed by atoms with Gasteiger partial charge in [0.1, 0.15) is 17.9 Å². The van der Waals surface area contributed by atoms with Crippen LogP contribution in [-0.2, 0) is 11.3 Å². The van der Waals surface area contributed by atoms with Crippen molar-refractivity contribution in [1.29, 1.82) is 0 Å². The molecule has 0 saturated heterocycles. The Kier molecular flexibility index (Phi) is 5.78. The molecule has 0 aliphatic carbocycles. The Bertz CT molecular complexity index is 1310. The molecule has 1 heterocycles. The van der Waals surface area contributed by atoms with Gasteiger partial charge in [-0.25, -0.2) is 9.59 Å². The molecule has 0 fully saturated rings. The Hall–Kier alpha value is -3.57. The second-order valence-corrected chi connectivity index (χ2v) is 7.47. The normalized spacial score (nSPS) is 10.8. The number of hydrogen-bond acceptors (Lipinski definition) is 5. The third-order valence-electron chi connectivity index (χ3n) is 5.05. The van der Waals surface area contributed by atoms with E-state index in [9.17, 15) is 9.59 Å². The van der Waals surface area contributed by atoms with Gasteiger partial charge in [0.05, 0.1) is 18.2 Å². The maximum absolute atomic E-state index is 12.6. The van der Waals surface area contributed by atoms with E-state index in [1.54, 1.807) is 48.5 Å². The molecule has 31 heavy (non-hydrogen) atoms. The zero-order valence-corrected chi connectivity index (χ0v) is 17.7. The van der Waals surface area contributed by atoms with E-state index in [-0.39, 0.29) is 5.97 Å². The molecule has 0 aliphatic heterocycles. The number of halogens is 1. The van der Waals surface area contributed by atoms with Crippen molar-refractivity contribution in [3.63, 3.8) is 0 Å². The molecule has 0 saturated carbocycles. The molecule has 0 amide bonds. The minimum Gasteiger partial charge on any atom is -0.489 e. The van der Waals surface area contributed by atoms with E-state index in [1.807, 2.05) is 25.1 Å². The predicted octanol–water partition coefficient (Wildman–Crippen LogP) is 5.79. The Morgan fingerprint density at radius 1 is 1.00 bits per heavy atom. The van der Waals surface area contributed by atoms with Gasteiger partial charge >= 0.3 is 11.6 Å². The largest absolute Gasteiger partial charge is 0.489 e. The first-order valence-corrected chi connectivity index (χ1v) is 9.97. The number of hydrogen-bond donors (Lipinski definition) is 0. The Morgan fingerprint density at radius 2 is 1.71 bits per heavy atom. The van der Waals surface area contributed by atoms with Gasteiger partial charge in [-0.1, -0.05) is 35.9 Å². The average Bonchev–Trinajstić information content (AvgIpc) is 2.79. The molecular weight excluding hydrogens is 416 g/mol. The highest BCUT2D eigenvalue weighted by Gasteiger charge is 2.14. The number of ether oxygens (including phenoxy) is 2. The molecule has 4 aromatic rings. The summed E-state index contributed by atoms with van der Waals surface area (Å²) in [6.07, 6.45) is 0. The summed E-state index contributed by atoms with van der Waals surface area (Å²) in [5, 5.41) is 1.39. The SMILES string of the molecule is COC(=O)c1ccc(COc2ccc3oc(=O)c(-c4ccc(Cl)cc4)c(C)c3c2)cc1. The van der Waals surface area contributed by atoms with Crippen LogP contribution < -0.4 is 10.4 Å². The second kappa shape index (κ2) is 8.66. The standard InChI is InChI=1S/C25H19ClO5/c1-15-21-13-20(30-14-16-3-5-18(6-4-16)24(27)29-2)11-12-22(21)31-25(28)23(15)17-7-9-19(26)10-8-17/h3-13H,14H2,1-2H3. The van der Waals surface area contributed by atoms with Gasteiger partial charge < -0.3 is 13.9 Å². The highest BCUT2D eigenvalue weighted by molar-refractivity contribution is 6.30. The van der Waals surface area contributed by atoms with Crippen molar-refractivity contribution in [2.45, 2.75) is 13.5 Å². The molecule has 3 aromatic carbocycles. The summed E-state index contributed by atoms with van der Waals surface area (Å²) in [5.74, 6) is 0.263. The van der Waals surface area contributed by atoms with Crippen molar-refractivity contribution in [2.24, 2.45) is 0 Å². The van der Waals surface area contributed by atoms with Crippen molar-refractivity contribution in [1.82, 2.24) is 0 Å². The molecule has 0 N–H and O–H groups in total. The fraction of sp³-hybridized carbons (Fsp3) is 0.120.